The highest BCUT2D eigenvalue weighted by atomic mass is 32.2. The van der Waals surface area contributed by atoms with Crippen molar-refractivity contribution in [1.29, 1.82) is 0 Å². The molecule has 0 bridgehead atoms. The second-order valence-electron chi connectivity index (χ2n) is 3.15. The van der Waals surface area contributed by atoms with Gasteiger partial charge in [0, 0.05) is 17.9 Å². The molecular weight excluding hydrogens is 226 g/mol. The first-order valence-electron chi connectivity index (χ1n) is 4.96. The summed E-state index contributed by atoms with van der Waals surface area (Å²) in [4.78, 5) is 8.32. The Morgan fingerprint density at radius 3 is 2.93 bits per heavy atom. The second kappa shape index (κ2) is 6.95. The third-order valence-electron chi connectivity index (χ3n) is 1.82. The zero-order valence-electron chi connectivity index (χ0n) is 9.36. The zero-order valence-corrected chi connectivity index (χ0v) is 11.0. The van der Waals surface area contributed by atoms with E-state index in [-0.39, 0.29) is 0 Å². The van der Waals surface area contributed by atoms with Crippen LogP contribution in [0, 0.1) is 0 Å². The second-order valence-corrected chi connectivity index (χ2v) is 5.30. The normalized spacial score (nSPS) is 12.5. The van der Waals surface area contributed by atoms with Crippen LogP contribution in [0.4, 0.5) is 5.82 Å². The van der Waals surface area contributed by atoms with E-state index in [1.54, 1.807) is 18.1 Å². The maximum atomic E-state index is 4.19. The van der Waals surface area contributed by atoms with E-state index < -0.39 is 0 Å². The Balaban J connectivity index is 2.48. The smallest absolute Gasteiger partial charge is 0.130 e. The van der Waals surface area contributed by atoms with Gasteiger partial charge in [0.05, 0.1) is 0 Å². The van der Waals surface area contributed by atoms with Gasteiger partial charge in [-0.3, -0.25) is 0 Å². The summed E-state index contributed by atoms with van der Waals surface area (Å²) in [6, 6.07) is 2.43. The van der Waals surface area contributed by atoms with Crippen molar-refractivity contribution in [2.45, 2.75) is 24.9 Å². The maximum Gasteiger partial charge on any atom is 0.130 e. The Labute approximate surface area is 99.9 Å². The number of anilines is 1. The van der Waals surface area contributed by atoms with Gasteiger partial charge in [0.25, 0.3) is 0 Å². The average Bonchev–Trinajstić information content (AvgIpc) is 2.26. The number of hydrogen-bond acceptors (Lipinski definition) is 5. The summed E-state index contributed by atoms with van der Waals surface area (Å²) in [5.74, 6) is 3.18. The predicted molar refractivity (Wildman–Crippen MR) is 69.9 cm³/mol. The van der Waals surface area contributed by atoms with Crippen molar-refractivity contribution in [1.82, 2.24) is 9.97 Å². The minimum Gasteiger partial charge on any atom is -0.367 e. The van der Waals surface area contributed by atoms with Crippen molar-refractivity contribution >= 4 is 29.3 Å². The minimum atomic E-state index is 0.444. The number of hydrogen-bond donors (Lipinski definition) is 1. The van der Waals surface area contributed by atoms with Gasteiger partial charge in [0.2, 0.25) is 0 Å². The van der Waals surface area contributed by atoms with Gasteiger partial charge in [-0.2, -0.15) is 11.8 Å². The van der Waals surface area contributed by atoms with Crippen LogP contribution < -0.4 is 5.32 Å². The molecule has 0 aromatic carbocycles. The summed E-state index contributed by atoms with van der Waals surface area (Å²) in [5.41, 5.74) is 0. The van der Waals surface area contributed by atoms with Crippen LogP contribution >= 0.6 is 23.5 Å². The molecule has 0 aliphatic rings. The van der Waals surface area contributed by atoms with Crippen molar-refractivity contribution in [3.63, 3.8) is 0 Å². The molecule has 1 N–H and O–H groups in total. The Kier molecular flexibility index (Phi) is 5.86. The molecule has 3 nitrogen and oxygen atoms in total. The summed E-state index contributed by atoms with van der Waals surface area (Å²) >= 11 is 3.57. The first-order chi connectivity index (χ1) is 7.26. The molecule has 1 unspecified atom stereocenters. The monoisotopic (exact) mass is 243 g/mol. The Hall–Kier alpha value is -0.420. The third-order valence-corrected chi connectivity index (χ3v) is 3.60. The van der Waals surface area contributed by atoms with Crippen LogP contribution in [-0.4, -0.2) is 33.8 Å². The molecule has 0 saturated heterocycles. The van der Waals surface area contributed by atoms with Crippen molar-refractivity contribution in [2.75, 3.05) is 23.1 Å². The molecule has 0 saturated carbocycles. The lowest BCUT2D eigenvalue weighted by molar-refractivity contribution is 0.891. The van der Waals surface area contributed by atoms with Crippen molar-refractivity contribution < 1.29 is 0 Å². The summed E-state index contributed by atoms with van der Waals surface area (Å²) < 4.78 is 0. The first kappa shape index (κ1) is 12.6. The highest BCUT2D eigenvalue weighted by molar-refractivity contribution is 7.99. The molecule has 1 aromatic heterocycles. The average molecular weight is 243 g/mol. The number of thioether (sulfide) groups is 2. The lowest BCUT2D eigenvalue weighted by Gasteiger charge is -2.13. The van der Waals surface area contributed by atoms with Gasteiger partial charge >= 0.3 is 0 Å². The fraction of sp³-hybridized carbons (Fsp3) is 0.600. The molecule has 1 heterocycles. The molecule has 0 fully saturated rings. The Bertz CT molecular complexity index is 294. The van der Waals surface area contributed by atoms with Crippen LogP contribution in [0.5, 0.6) is 0 Å². The van der Waals surface area contributed by atoms with Gasteiger partial charge in [-0.1, -0.05) is 6.92 Å². The molecule has 0 radical (unpaired) electrons. The highest BCUT2D eigenvalue weighted by Gasteiger charge is 2.03. The van der Waals surface area contributed by atoms with Crippen LogP contribution in [0.2, 0.25) is 0 Å². The van der Waals surface area contributed by atoms with E-state index >= 15 is 0 Å². The quantitative estimate of drug-likeness (QED) is 0.614. The van der Waals surface area contributed by atoms with E-state index in [1.165, 1.54) is 0 Å². The molecular formula is C10H17N3S2. The van der Waals surface area contributed by atoms with Gasteiger partial charge in [-0.05, 0) is 18.9 Å². The molecule has 5 heteroatoms. The van der Waals surface area contributed by atoms with Crippen molar-refractivity contribution in [3.8, 4) is 0 Å². The van der Waals surface area contributed by atoms with Gasteiger partial charge in [0.1, 0.15) is 17.2 Å². The van der Waals surface area contributed by atoms with E-state index in [1.807, 2.05) is 24.1 Å². The third kappa shape index (κ3) is 4.75. The SMILES string of the molecule is CCSCC(C)Nc1cc(SC)ncn1. The highest BCUT2D eigenvalue weighted by Crippen LogP contribution is 2.15. The Morgan fingerprint density at radius 1 is 1.47 bits per heavy atom. The molecule has 0 aliphatic heterocycles. The van der Waals surface area contributed by atoms with Crippen molar-refractivity contribution in [2.24, 2.45) is 0 Å². The van der Waals surface area contributed by atoms with Crippen LogP contribution in [0.15, 0.2) is 17.4 Å². The molecule has 0 amide bonds. The van der Waals surface area contributed by atoms with E-state index in [0.717, 1.165) is 22.3 Å². The molecule has 1 atom stereocenters. The Morgan fingerprint density at radius 2 is 2.27 bits per heavy atom. The summed E-state index contributed by atoms with van der Waals surface area (Å²) in [7, 11) is 0. The van der Waals surface area contributed by atoms with E-state index in [2.05, 4.69) is 29.1 Å². The largest absolute Gasteiger partial charge is 0.367 e. The van der Waals surface area contributed by atoms with Gasteiger partial charge in [-0.25, -0.2) is 9.97 Å². The van der Waals surface area contributed by atoms with E-state index in [0.29, 0.717) is 6.04 Å². The fourth-order valence-corrected chi connectivity index (χ4v) is 2.17. The fourth-order valence-electron chi connectivity index (χ4n) is 1.12. The zero-order chi connectivity index (χ0) is 11.1. The van der Waals surface area contributed by atoms with Crippen LogP contribution in [-0.2, 0) is 0 Å². The molecule has 0 aliphatic carbocycles. The van der Waals surface area contributed by atoms with Crippen LogP contribution in [0.1, 0.15) is 13.8 Å². The van der Waals surface area contributed by atoms with Crippen molar-refractivity contribution in [3.05, 3.63) is 12.4 Å². The maximum absolute atomic E-state index is 4.19. The molecule has 15 heavy (non-hydrogen) atoms. The first-order valence-corrected chi connectivity index (χ1v) is 7.34. The van der Waals surface area contributed by atoms with Gasteiger partial charge < -0.3 is 5.32 Å². The van der Waals surface area contributed by atoms with Crippen LogP contribution in [0.25, 0.3) is 0 Å². The standard InChI is InChI=1S/C10H17N3S2/c1-4-15-6-8(2)13-9-5-10(14-3)12-7-11-9/h5,7-8H,4,6H2,1-3H3,(H,11,12,13). The lowest BCUT2D eigenvalue weighted by atomic mass is 10.4. The van der Waals surface area contributed by atoms with E-state index in [9.17, 15) is 0 Å². The van der Waals surface area contributed by atoms with Gasteiger partial charge in [-0.15, -0.1) is 11.8 Å². The lowest BCUT2D eigenvalue weighted by Crippen LogP contribution is -2.18. The summed E-state index contributed by atoms with van der Waals surface area (Å²) in [5, 5.41) is 4.37. The topological polar surface area (TPSA) is 37.8 Å². The predicted octanol–water partition coefficient (Wildman–Crippen LogP) is 2.75. The number of nitrogens with one attached hydrogen (secondary N) is 1. The van der Waals surface area contributed by atoms with Crippen LogP contribution in [0.3, 0.4) is 0 Å². The molecule has 1 aromatic rings. The molecule has 0 spiro atoms. The number of aromatic nitrogens is 2. The minimum absolute atomic E-state index is 0.444. The van der Waals surface area contributed by atoms with E-state index in [4.69, 9.17) is 0 Å². The summed E-state index contributed by atoms with van der Waals surface area (Å²) in [6.07, 6.45) is 3.62. The molecule has 1 rings (SSSR count). The number of rotatable bonds is 6. The summed E-state index contributed by atoms with van der Waals surface area (Å²) in [6.45, 7) is 4.34. The van der Waals surface area contributed by atoms with Gasteiger partial charge in [0.15, 0.2) is 0 Å². The molecule has 84 valence electrons. The number of nitrogens with zero attached hydrogens (tertiary/aromatic N) is 2.